The van der Waals surface area contributed by atoms with Gasteiger partial charge in [-0.3, -0.25) is 4.79 Å². The van der Waals surface area contributed by atoms with Crippen molar-refractivity contribution in [3.05, 3.63) is 71.3 Å². The summed E-state index contributed by atoms with van der Waals surface area (Å²) in [4.78, 5) is 12.1. The molecule has 3 nitrogen and oxygen atoms in total. The lowest BCUT2D eigenvalue weighted by atomic mass is 9.98. The van der Waals surface area contributed by atoms with E-state index in [1.165, 1.54) is 0 Å². The van der Waals surface area contributed by atoms with Crippen molar-refractivity contribution in [3.8, 4) is 0 Å². The lowest BCUT2D eigenvalue weighted by molar-refractivity contribution is 0.0747. The van der Waals surface area contributed by atoms with Crippen LogP contribution in [0.15, 0.2) is 54.6 Å². The smallest absolute Gasteiger partial charge is 0.195 e. The van der Waals surface area contributed by atoms with Crippen LogP contribution in [0.2, 0.25) is 0 Å². The normalized spacial score (nSPS) is 12.1. The summed E-state index contributed by atoms with van der Waals surface area (Å²) in [6.07, 6.45) is -1.11. The summed E-state index contributed by atoms with van der Waals surface area (Å²) in [6, 6.07) is 16.3. The van der Waals surface area contributed by atoms with Gasteiger partial charge < -0.3 is 10.4 Å². The van der Waals surface area contributed by atoms with E-state index >= 15 is 0 Å². The minimum absolute atomic E-state index is 0.276. The van der Waals surface area contributed by atoms with Crippen molar-refractivity contribution < 1.29 is 9.90 Å². The second-order valence-electron chi connectivity index (χ2n) is 4.41. The first-order valence-electron chi connectivity index (χ1n) is 6.23. The molecule has 0 aliphatic heterocycles. The van der Waals surface area contributed by atoms with Crippen LogP contribution in [0.4, 0.5) is 0 Å². The van der Waals surface area contributed by atoms with Gasteiger partial charge in [0.05, 0.1) is 0 Å². The number of benzene rings is 2. The van der Waals surface area contributed by atoms with Crippen LogP contribution in [-0.4, -0.2) is 17.9 Å². The second-order valence-corrected chi connectivity index (χ2v) is 4.41. The molecule has 0 bridgehead atoms. The fourth-order valence-corrected chi connectivity index (χ4v) is 1.99. The van der Waals surface area contributed by atoms with E-state index in [4.69, 9.17) is 0 Å². The molecule has 98 valence electrons. The number of Topliss-reactive ketones (excluding diaryl/α,β-unsaturated/α-hetero) is 1. The van der Waals surface area contributed by atoms with Gasteiger partial charge in [-0.15, -0.1) is 0 Å². The summed E-state index contributed by atoms with van der Waals surface area (Å²) in [5, 5.41) is 13.2. The van der Waals surface area contributed by atoms with E-state index in [0.717, 1.165) is 5.56 Å². The monoisotopic (exact) mass is 255 g/mol. The molecule has 0 radical (unpaired) electrons. The largest absolute Gasteiger partial charge is 0.380 e. The summed E-state index contributed by atoms with van der Waals surface area (Å²) >= 11 is 0. The highest BCUT2D eigenvalue weighted by Crippen LogP contribution is 2.19. The highest BCUT2D eigenvalue weighted by Gasteiger charge is 2.18. The van der Waals surface area contributed by atoms with Gasteiger partial charge >= 0.3 is 0 Å². The molecule has 2 N–H and O–H groups in total. The fraction of sp³-hybridized carbons (Fsp3) is 0.188. The van der Waals surface area contributed by atoms with Crippen LogP contribution in [-0.2, 0) is 6.54 Å². The van der Waals surface area contributed by atoms with E-state index < -0.39 is 6.10 Å². The molecule has 1 unspecified atom stereocenters. The Balaban J connectivity index is 2.22. The van der Waals surface area contributed by atoms with E-state index in [9.17, 15) is 9.90 Å². The molecule has 3 heteroatoms. The zero-order chi connectivity index (χ0) is 13.7. The SMILES string of the molecule is CNCc1cccc(C(O)C(=O)c2ccccc2)c1. The lowest BCUT2D eigenvalue weighted by Gasteiger charge is -2.11. The van der Waals surface area contributed by atoms with Crippen LogP contribution < -0.4 is 5.32 Å². The van der Waals surface area contributed by atoms with E-state index in [1.54, 1.807) is 30.3 Å². The topological polar surface area (TPSA) is 49.3 Å². The highest BCUT2D eigenvalue weighted by molar-refractivity contribution is 5.99. The van der Waals surface area contributed by atoms with E-state index in [0.29, 0.717) is 17.7 Å². The average Bonchev–Trinajstić information content (AvgIpc) is 2.47. The minimum Gasteiger partial charge on any atom is -0.380 e. The maximum absolute atomic E-state index is 12.1. The zero-order valence-electron chi connectivity index (χ0n) is 10.8. The number of aliphatic hydroxyl groups is 1. The molecule has 0 heterocycles. The first kappa shape index (κ1) is 13.5. The second kappa shape index (κ2) is 6.27. The van der Waals surface area contributed by atoms with Gasteiger partial charge in [0.1, 0.15) is 6.10 Å². The number of aliphatic hydroxyl groups excluding tert-OH is 1. The van der Waals surface area contributed by atoms with Crippen molar-refractivity contribution in [3.63, 3.8) is 0 Å². The Morgan fingerprint density at radius 2 is 1.89 bits per heavy atom. The lowest BCUT2D eigenvalue weighted by Crippen LogP contribution is -2.13. The number of hydrogen-bond donors (Lipinski definition) is 2. The Morgan fingerprint density at radius 3 is 2.58 bits per heavy atom. The summed E-state index contributed by atoms with van der Waals surface area (Å²) in [5.74, 6) is -0.276. The highest BCUT2D eigenvalue weighted by atomic mass is 16.3. The van der Waals surface area contributed by atoms with Crippen molar-refractivity contribution in [2.45, 2.75) is 12.6 Å². The van der Waals surface area contributed by atoms with Gasteiger partial charge in [0, 0.05) is 12.1 Å². The van der Waals surface area contributed by atoms with Gasteiger partial charge in [0.2, 0.25) is 0 Å². The van der Waals surface area contributed by atoms with E-state index in [2.05, 4.69) is 5.32 Å². The molecule has 0 saturated heterocycles. The van der Waals surface area contributed by atoms with Crippen molar-refractivity contribution >= 4 is 5.78 Å². The standard InChI is InChI=1S/C16H17NO2/c1-17-11-12-6-5-9-14(10-12)16(19)15(18)13-7-3-2-4-8-13/h2-10,16-17,19H,11H2,1H3. The minimum atomic E-state index is -1.11. The third kappa shape index (κ3) is 3.28. The van der Waals surface area contributed by atoms with Crippen LogP contribution in [0.3, 0.4) is 0 Å². The van der Waals surface area contributed by atoms with Crippen LogP contribution >= 0.6 is 0 Å². The Hall–Kier alpha value is -1.97. The molecule has 2 rings (SSSR count). The van der Waals surface area contributed by atoms with Crippen LogP contribution in [0.5, 0.6) is 0 Å². The number of nitrogens with one attached hydrogen (secondary N) is 1. The van der Waals surface area contributed by atoms with Gasteiger partial charge in [-0.1, -0.05) is 54.6 Å². The van der Waals surface area contributed by atoms with Crippen molar-refractivity contribution in [2.75, 3.05) is 7.05 Å². The summed E-state index contributed by atoms with van der Waals surface area (Å²) < 4.78 is 0. The van der Waals surface area contributed by atoms with Crippen molar-refractivity contribution in [1.29, 1.82) is 0 Å². The zero-order valence-corrected chi connectivity index (χ0v) is 10.8. The molecule has 0 spiro atoms. The quantitative estimate of drug-likeness (QED) is 0.806. The first-order chi connectivity index (χ1) is 9.22. The number of carbonyl (C=O) groups is 1. The molecule has 0 aliphatic rings. The van der Waals surface area contributed by atoms with Crippen LogP contribution in [0.25, 0.3) is 0 Å². The maximum atomic E-state index is 12.1. The fourth-order valence-electron chi connectivity index (χ4n) is 1.99. The Bertz CT molecular complexity index is 552. The molecule has 2 aromatic rings. The summed E-state index contributed by atoms with van der Waals surface area (Å²) in [5.41, 5.74) is 2.19. The molecular weight excluding hydrogens is 238 g/mol. The number of ketones is 1. The van der Waals surface area contributed by atoms with Gasteiger partial charge in [-0.05, 0) is 18.2 Å². The van der Waals surface area contributed by atoms with Gasteiger partial charge in [-0.25, -0.2) is 0 Å². The number of rotatable bonds is 5. The maximum Gasteiger partial charge on any atom is 0.195 e. The Labute approximate surface area is 112 Å². The number of carbonyl (C=O) groups excluding carboxylic acids is 1. The van der Waals surface area contributed by atoms with Crippen molar-refractivity contribution in [1.82, 2.24) is 5.32 Å². The Morgan fingerprint density at radius 1 is 1.16 bits per heavy atom. The molecule has 0 fully saturated rings. The molecule has 0 aliphatic carbocycles. The molecule has 0 amide bonds. The first-order valence-corrected chi connectivity index (χ1v) is 6.23. The van der Waals surface area contributed by atoms with E-state index in [-0.39, 0.29) is 5.78 Å². The summed E-state index contributed by atoms with van der Waals surface area (Å²) in [7, 11) is 1.86. The van der Waals surface area contributed by atoms with Crippen molar-refractivity contribution in [2.24, 2.45) is 0 Å². The third-order valence-corrected chi connectivity index (χ3v) is 2.95. The third-order valence-electron chi connectivity index (χ3n) is 2.95. The molecule has 19 heavy (non-hydrogen) atoms. The molecule has 0 aromatic heterocycles. The number of hydrogen-bond acceptors (Lipinski definition) is 3. The molecular formula is C16H17NO2. The predicted octanol–water partition coefficient (Wildman–Crippen LogP) is 2.32. The predicted molar refractivity (Wildman–Crippen MR) is 74.9 cm³/mol. The van der Waals surface area contributed by atoms with Gasteiger partial charge in [0.25, 0.3) is 0 Å². The van der Waals surface area contributed by atoms with Crippen LogP contribution in [0, 0.1) is 0 Å². The van der Waals surface area contributed by atoms with E-state index in [1.807, 2.05) is 31.3 Å². The average molecular weight is 255 g/mol. The Kier molecular flexibility index (Phi) is 4.44. The molecule has 2 aromatic carbocycles. The van der Waals surface area contributed by atoms with Gasteiger partial charge in [-0.2, -0.15) is 0 Å². The molecule has 0 saturated carbocycles. The van der Waals surface area contributed by atoms with Gasteiger partial charge in [0.15, 0.2) is 5.78 Å². The van der Waals surface area contributed by atoms with Crippen LogP contribution in [0.1, 0.15) is 27.6 Å². The summed E-state index contributed by atoms with van der Waals surface area (Å²) in [6.45, 7) is 0.708. The molecule has 1 atom stereocenters.